The summed E-state index contributed by atoms with van der Waals surface area (Å²) in [5.74, 6) is -1.66. The van der Waals surface area contributed by atoms with Gasteiger partial charge in [0.2, 0.25) is 10.0 Å². The molecule has 2 heterocycles. The summed E-state index contributed by atoms with van der Waals surface area (Å²) in [6, 6.07) is 7.99. The number of halogens is 1. The number of anilines is 2. The van der Waals surface area contributed by atoms with Gasteiger partial charge in [-0.05, 0) is 87.1 Å². The van der Waals surface area contributed by atoms with Crippen molar-refractivity contribution in [3.63, 3.8) is 0 Å². The van der Waals surface area contributed by atoms with E-state index in [2.05, 4.69) is 5.32 Å². The first-order valence-corrected chi connectivity index (χ1v) is 15.3. The highest BCUT2D eigenvalue weighted by molar-refractivity contribution is 7.92. The summed E-state index contributed by atoms with van der Waals surface area (Å²) < 4.78 is 54.9. The molecule has 0 saturated heterocycles. The van der Waals surface area contributed by atoms with Gasteiger partial charge in [-0.2, -0.15) is 0 Å². The minimum Gasteiger partial charge on any atom is -0.482 e. The number of carboxylic acid groups (broad SMARTS) is 1. The van der Waals surface area contributed by atoms with Crippen LogP contribution in [0.1, 0.15) is 54.7 Å². The molecule has 1 amide bonds. The molecular weight excluding hydrogens is 563 g/mol. The smallest absolute Gasteiger partial charge is 0.337 e. The molecule has 3 aromatic carbocycles. The molecule has 2 N–H and O–H groups in total. The van der Waals surface area contributed by atoms with Crippen LogP contribution in [0.15, 0.2) is 30.3 Å². The van der Waals surface area contributed by atoms with Crippen LogP contribution >= 0.6 is 0 Å². The number of sulfonamides is 1. The minimum atomic E-state index is -3.88. The summed E-state index contributed by atoms with van der Waals surface area (Å²) in [7, 11) is -3.88. The van der Waals surface area contributed by atoms with Gasteiger partial charge in [-0.3, -0.25) is 9.10 Å². The molecule has 0 radical (unpaired) electrons. The first kappa shape index (κ1) is 29.5. The number of benzene rings is 3. The van der Waals surface area contributed by atoms with E-state index in [0.717, 1.165) is 6.26 Å². The van der Waals surface area contributed by atoms with E-state index < -0.39 is 33.5 Å². The molecule has 3 aromatic rings. The molecule has 2 aliphatic heterocycles. The van der Waals surface area contributed by atoms with Gasteiger partial charge >= 0.3 is 5.97 Å². The lowest BCUT2D eigenvalue weighted by molar-refractivity contribution is -0.160. The quantitative estimate of drug-likeness (QED) is 0.391. The van der Waals surface area contributed by atoms with Crippen molar-refractivity contribution in [2.75, 3.05) is 22.5 Å². The molecule has 5 rings (SSSR count). The lowest BCUT2D eigenvalue weighted by atomic mass is 9.79. The number of rotatable bonds is 5. The van der Waals surface area contributed by atoms with Gasteiger partial charge in [0.15, 0.2) is 12.7 Å². The molecule has 2 aliphatic rings. The van der Waals surface area contributed by atoms with Crippen LogP contribution in [0.4, 0.5) is 15.8 Å². The normalized spacial score (nSPS) is 15.2. The number of nitrogens with one attached hydrogen (secondary N) is 1. The number of hydrogen-bond donors (Lipinski definition) is 2. The van der Waals surface area contributed by atoms with Crippen LogP contribution in [0.2, 0.25) is 0 Å². The highest BCUT2D eigenvalue weighted by atomic mass is 32.2. The summed E-state index contributed by atoms with van der Waals surface area (Å²) >= 11 is 0. The second kappa shape index (κ2) is 10.1. The number of carbonyl (C=O) groups is 2. The fourth-order valence-corrected chi connectivity index (χ4v) is 6.87. The van der Waals surface area contributed by atoms with Gasteiger partial charge < -0.3 is 19.9 Å². The summed E-state index contributed by atoms with van der Waals surface area (Å²) in [6.07, 6.45) is -0.436. The number of aliphatic carboxylic acids is 1. The maximum Gasteiger partial charge on any atom is 0.337 e. The number of amides is 1. The standard InChI is InChI=1S/C31H33FN2O7S/c1-15-19(11-12-21-27(15)33-22(35)14-40-21)23-16(2)24-26-18(9-8-10-20(26)32)13-34(42(7,38)39)28(24)17(3)25(23)29(30(36)37)41-31(4,5)6/h8-12,29H,13-14H2,1-7H3,(H,33,35)(H,36,37)/t29-/m0/s1. The fourth-order valence-electron chi connectivity index (χ4n) is 5.94. The average Bonchev–Trinajstić information content (AvgIpc) is 2.88. The zero-order valence-electron chi connectivity index (χ0n) is 24.5. The summed E-state index contributed by atoms with van der Waals surface area (Å²) in [5, 5.41) is 13.3. The van der Waals surface area contributed by atoms with E-state index in [0.29, 0.717) is 50.4 Å². The molecule has 0 bridgehead atoms. The molecule has 0 spiro atoms. The number of hydrogen-bond acceptors (Lipinski definition) is 6. The van der Waals surface area contributed by atoms with Crippen LogP contribution in [0.5, 0.6) is 5.75 Å². The molecule has 0 fully saturated rings. The van der Waals surface area contributed by atoms with Crippen LogP contribution in [-0.4, -0.2) is 43.9 Å². The van der Waals surface area contributed by atoms with Crippen LogP contribution in [0.25, 0.3) is 22.3 Å². The lowest BCUT2D eigenvalue weighted by Crippen LogP contribution is -2.35. The third-order valence-corrected chi connectivity index (χ3v) is 8.72. The van der Waals surface area contributed by atoms with E-state index in [9.17, 15) is 23.1 Å². The van der Waals surface area contributed by atoms with E-state index in [1.807, 2.05) is 0 Å². The summed E-state index contributed by atoms with van der Waals surface area (Å²) in [5.41, 5.74) is 3.53. The maximum atomic E-state index is 15.6. The zero-order chi connectivity index (χ0) is 30.9. The van der Waals surface area contributed by atoms with Crippen molar-refractivity contribution in [3.05, 3.63) is 64.0 Å². The number of nitrogens with zero attached hydrogens (tertiary/aromatic N) is 1. The molecule has 1 atom stereocenters. The third kappa shape index (κ3) is 4.90. The molecular formula is C31H33FN2O7S. The molecule has 0 saturated carbocycles. The van der Waals surface area contributed by atoms with E-state index in [4.69, 9.17) is 9.47 Å². The second-order valence-electron chi connectivity index (χ2n) is 11.7. The maximum absolute atomic E-state index is 15.6. The average molecular weight is 597 g/mol. The first-order valence-electron chi connectivity index (χ1n) is 13.4. The van der Waals surface area contributed by atoms with Gasteiger partial charge in [-0.15, -0.1) is 0 Å². The van der Waals surface area contributed by atoms with E-state index in [1.165, 1.54) is 16.4 Å². The van der Waals surface area contributed by atoms with Crippen molar-refractivity contribution >= 4 is 33.3 Å². The Kier molecular flexibility index (Phi) is 7.10. The molecule has 9 nitrogen and oxygen atoms in total. The Morgan fingerprint density at radius 3 is 2.38 bits per heavy atom. The molecule has 0 aliphatic carbocycles. The molecule has 11 heteroatoms. The first-order chi connectivity index (χ1) is 19.5. The Morgan fingerprint density at radius 1 is 1.07 bits per heavy atom. The van der Waals surface area contributed by atoms with E-state index >= 15 is 4.39 Å². The predicted octanol–water partition coefficient (Wildman–Crippen LogP) is 5.64. The van der Waals surface area contributed by atoms with Crippen LogP contribution in [0, 0.1) is 26.6 Å². The van der Waals surface area contributed by atoms with Gasteiger partial charge in [0.1, 0.15) is 11.6 Å². The van der Waals surface area contributed by atoms with Crippen molar-refractivity contribution in [2.24, 2.45) is 0 Å². The molecule has 0 unspecified atom stereocenters. The fraction of sp³-hybridized carbons (Fsp3) is 0.355. The summed E-state index contributed by atoms with van der Waals surface area (Å²) in [4.78, 5) is 25.1. The van der Waals surface area contributed by atoms with Crippen molar-refractivity contribution in [3.8, 4) is 28.0 Å². The third-order valence-electron chi connectivity index (χ3n) is 7.61. The van der Waals surface area contributed by atoms with Gasteiger partial charge in [0, 0.05) is 16.7 Å². The Balaban J connectivity index is 1.98. The minimum absolute atomic E-state index is 0.114. The zero-order valence-corrected chi connectivity index (χ0v) is 25.3. The van der Waals surface area contributed by atoms with Crippen LogP contribution in [0.3, 0.4) is 0 Å². The SMILES string of the molecule is Cc1c(-c2c(C)c3c(c(C)c2[C@H](OC(C)(C)C)C(=O)O)N(S(C)(=O)=O)Cc2cccc(F)c2-3)ccc2c1NC(=O)CO2. The van der Waals surface area contributed by atoms with Gasteiger partial charge in [-0.1, -0.05) is 18.2 Å². The van der Waals surface area contributed by atoms with E-state index in [-0.39, 0.29) is 35.9 Å². The highest BCUT2D eigenvalue weighted by Crippen LogP contribution is 2.53. The van der Waals surface area contributed by atoms with Crippen molar-refractivity contribution in [1.29, 1.82) is 0 Å². The number of carbonyl (C=O) groups excluding carboxylic acids is 1. The number of carboxylic acids is 1. The summed E-state index contributed by atoms with van der Waals surface area (Å²) in [6.45, 7) is 10.1. The van der Waals surface area contributed by atoms with Crippen LogP contribution in [-0.2, 0) is 30.9 Å². The Hall–Kier alpha value is -3.96. The highest BCUT2D eigenvalue weighted by Gasteiger charge is 2.39. The Labute approximate surface area is 244 Å². The number of ether oxygens (including phenoxy) is 2. The topological polar surface area (TPSA) is 122 Å². The predicted molar refractivity (Wildman–Crippen MR) is 158 cm³/mol. The van der Waals surface area contributed by atoms with Gasteiger partial charge in [0.25, 0.3) is 5.91 Å². The van der Waals surface area contributed by atoms with Crippen LogP contribution < -0.4 is 14.4 Å². The van der Waals surface area contributed by atoms with Crippen molar-refractivity contribution in [1.82, 2.24) is 0 Å². The largest absolute Gasteiger partial charge is 0.482 e. The number of fused-ring (bicyclic) bond motifs is 4. The monoisotopic (exact) mass is 596 g/mol. The molecule has 0 aromatic heterocycles. The molecule has 222 valence electrons. The van der Waals surface area contributed by atoms with Gasteiger partial charge in [-0.25, -0.2) is 17.6 Å². The molecule has 42 heavy (non-hydrogen) atoms. The van der Waals surface area contributed by atoms with Crippen molar-refractivity contribution < 1.29 is 37.0 Å². The van der Waals surface area contributed by atoms with Gasteiger partial charge in [0.05, 0.1) is 29.8 Å². The van der Waals surface area contributed by atoms with E-state index in [1.54, 1.807) is 59.7 Å². The second-order valence-corrected chi connectivity index (χ2v) is 13.6. The Bertz CT molecular complexity index is 1780. The lowest BCUT2D eigenvalue weighted by Gasteiger charge is -2.37. The van der Waals surface area contributed by atoms with Crippen molar-refractivity contribution in [2.45, 2.75) is 59.8 Å². The Morgan fingerprint density at radius 2 is 1.76 bits per heavy atom.